The van der Waals surface area contributed by atoms with Gasteiger partial charge in [0.25, 0.3) is 0 Å². The lowest BCUT2D eigenvalue weighted by atomic mass is 9.86. The minimum Gasteiger partial charge on any atom is -0.309 e. The topological polar surface area (TPSA) is 35.6 Å². The number of nitrogens with zero attached hydrogens (tertiary/aromatic N) is 4. The number of benzene rings is 7. The van der Waals surface area contributed by atoms with E-state index in [9.17, 15) is 0 Å². The van der Waals surface area contributed by atoms with E-state index in [1.54, 1.807) is 0 Å². The van der Waals surface area contributed by atoms with Crippen molar-refractivity contribution >= 4 is 66.4 Å². The van der Waals surface area contributed by atoms with E-state index in [1.807, 2.05) is 0 Å². The summed E-state index contributed by atoms with van der Waals surface area (Å²) in [6.45, 7) is 8.93. The molecule has 51 heavy (non-hydrogen) atoms. The number of para-hydroxylation sites is 4. The molecular weight excluding hydrogens is 641 g/mol. The normalized spacial score (nSPS) is 11.9. The first-order chi connectivity index (χ1) is 25.0. The molecule has 0 atom stereocenters. The van der Waals surface area contributed by atoms with Gasteiger partial charge in [0, 0.05) is 44.0 Å². The number of aromatic nitrogens is 4. The molecule has 4 nitrogen and oxygen atoms in total. The van der Waals surface area contributed by atoms with Gasteiger partial charge in [0.15, 0.2) is 0 Å². The van der Waals surface area contributed by atoms with Crippen LogP contribution in [0.25, 0.3) is 88.3 Å². The highest BCUT2D eigenvalue weighted by Gasteiger charge is 2.23. The van der Waals surface area contributed by atoms with Gasteiger partial charge in [-0.05, 0) is 110 Å². The Kier molecular flexibility index (Phi) is 6.58. The Hall–Kier alpha value is -6.04. The molecule has 0 saturated heterocycles. The van der Waals surface area contributed by atoms with E-state index in [4.69, 9.17) is 8.75 Å². The maximum absolute atomic E-state index is 4.96. The summed E-state index contributed by atoms with van der Waals surface area (Å²) >= 11 is 1.30. The van der Waals surface area contributed by atoms with Crippen LogP contribution >= 0.6 is 11.7 Å². The van der Waals surface area contributed by atoms with Gasteiger partial charge in [-0.25, -0.2) is 0 Å². The van der Waals surface area contributed by atoms with Crippen molar-refractivity contribution in [3.8, 4) is 33.6 Å². The predicted octanol–water partition coefficient (Wildman–Crippen LogP) is 12.5. The number of aryl methyl sites for hydroxylation is 2. The van der Waals surface area contributed by atoms with Crippen LogP contribution < -0.4 is 0 Å². The maximum Gasteiger partial charge on any atom is 0.113 e. The Morgan fingerprint density at radius 2 is 0.745 bits per heavy atom. The number of rotatable bonds is 4. The van der Waals surface area contributed by atoms with Gasteiger partial charge in [-0.1, -0.05) is 84.9 Å². The van der Waals surface area contributed by atoms with Crippen LogP contribution in [0.1, 0.15) is 22.3 Å². The van der Waals surface area contributed by atoms with Gasteiger partial charge in [0.05, 0.1) is 33.8 Å². The molecule has 0 spiro atoms. The second-order valence-corrected chi connectivity index (χ2v) is 14.2. The summed E-state index contributed by atoms with van der Waals surface area (Å²) in [5, 5.41) is 5.08. The van der Waals surface area contributed by atoms with Crippen LogP contribution in [0.4, 0.5) is 0 Å². The second kappa shape index (κ2) is 11.2. The molecule has 0 aliphatic rings. The van der Waals surface area contributed by atoms with Gasteiger partial charge in [0.2, 0.25) is 0 Å². The molecule has 0 radical (unpaired) electrons. The van der Waals surface area contributed by atoms with Crippen LogP contribution in [-0.4, -0.2) is 17.9 Å². The summed E-state index contributed by atoms with van der Waals surface area (Å²) in [6.07, 6.45) is 0. The molecule has 7 aromatic carbocycles. The average Bonchev–Trinajstić information content (AvgIpc) is 3.86. The summed E-state index contributed by atoms with van der Waals surface area (Å²) in [6, 6.07) is 48.4. The number of fused-ring (bicyclic) bond motifs is 7. The van der Waals surface area contributed by atoms with Crippen LogP contribution in [0.5, 0.6) is 0 Å². The number of hydrogen-bond donors (Lipinski definition) is 0. The van der Waals surface area contributed by atoms with Crippen LogP contribution in [0.2, 0.25) is 0 Å². The second-order valence-electron chi connectivity index (χ2n) is 13.7. The van der Waals surface area contributed by atoms with Gasteiger partial charge in [-0.2, -0.15) is 8.75 Å². The largest absolute Gasteiger partial charge is 0.309 e. The van der Waals surface area contributed by atoms with Gasteiger partial charge in [-0.3, -0.25) is 0 Å². The van der Waals surface area contributed by atoms with Crippen LogP contribution in [-0.2, 0) is 0 Å². The highest BCUT2D eigenvalue weighted by atomic mass is 32.1. The zero-order valence-electron chi connectivity index (χ0n) is 28.9. The predicted molar refractivity (Wildman–Crippen MR) is 216 cm³/mol. The Bertz CT molecular complexity index is 2720. The van der Waals surface area contributed by atoms with Gasteiger partial charge in [0.1, 0.15) is 11.0 Å². The molecule has 0 aliphatic heterocycles. The zero-order chi connectivity index (χ0) is 34.4. The maximum atomic E-state index is 4.96. The van der Waals surface area contributed by atoms with Crippen molar-refractivity contribution in [2.75, 3.05) is 0 Å². The van der Waals surface area contributed by atoms with E-state index in [1.165, 1.54) is 99.8 Å². The van der Waals surface area contributed by atoms with E-state index >= 15 is 0 Å². The Labute approximate surface area is 300 Å². The summed E-state index contributed by atoms with van der Waals surface area (Å²) in [7, 11) is 0. The Morgan fingerprint density at radius 1 is 0.412 bits per heavy atom. The molecule has 0 N–H and O–H groups in total. The molecule has 3 aromatic heterocycles. The van der Waals surface area contributed by atoms with Gasteiger partial charge < -0.3 is 9.13 Å². The van der Waals surface area contributed by atoms with Crippen molar-refractivity contribution in [2.45, 2.75) is 27.7 Å². The summed E-state index contributed by atoms with van der Waals surface area (Å²) in [5.74, 6) is 0. The minimum absolute atomic E-state index is 0.969. The first-order valence-electron chi connectivity index (χ1n) is 17.4. The van der Waals surface area contributed by atoms with Crippen molar-refractivity contribution in [3.05, 3.63) is 156 Å². The molecule has 0 fully saturated rings. The third-order valence-electron chi connectivity index (χ3n) is 10.9. The van der Waals surface area contributed by atoms with Crippen molar-refractivity contribution in [1.29, 1.82) is 0 Å². The van der Waals surface area contributed by atoms with E-state index in [0.717, 1.165) is 22.4 Å². The monoisotopic (exact) mass is 674 g/mol. The lowest BCUT2D eigenvalue weighted by Gasteiger charge is -2.19. The van der Waals surface area contributed by atoms with E-state index in [-0.39, 0.29) is 0 Å². The van der Waals surface area contributed by atoms with E-state index < -0.39 is 0 Å². The molecular formula is C46H34N4S. The van der Waals surface area contributed by atoms with Gasteiger partial charge in [-0.15, -0.1) is 0 Å². The first kappa shape index (κ1) is 29.8. The summed E-state index contributed by atoms with van der Waals surface area (Å²) in [5.41, 5.74) is 18.8. The van der Waals surface area contributed by atoms with Crippen molar-refractivity contribution in [2.24, 2.45) is 0 Å². The average molecular weight is 675 g/mol. The fourth-order valence-corrected chi connectivity index (χ4v) is 9.00. The minimum atomic E-state index is 0.969. The molecule has 3 heterocycles. The zero-order valence-corrected chi connectivity index (χ0v) is 29.7. The summed E-state index contributed by atoms with van der Waals surface area (Å²) < 4.78 is 14.7. The first-order valence-corrected chi connectivity index (χ1v) is 18.2. The molecule has 0 bridgehead atoms. The molecule has 0 amide bonds. The van der Waals surface area contributed by atoms with E-state index in [0.29, 0.717) is 0 Å². The highest BCUT2D eigenvalue weighted by molar-refractivity contribution is 7.00. The van der Waals surface area contributed by atoms with E-state index in [2.05, 4.69) is 170 Å². The fraction of sp³-hybridized carbons (Fsp3) is 0.0870. The molecule has 5 heteroatoms. The SMILES string of the molecule is Cc1cc(-n2c3ccccc3c3ccccc32)ccc1-c1c(C)c(C)c(-c2ccc(-n3c4ccccc4c4ccccc43)cc2C)c2nsnc12. The van der Waals surface area contributed by atoms with Crippen LogP contribution in [0, 0.1) is 27.7 Å². The Morgan fingerprint density at radius 3 is 1.08 bits per heavy atom. The standard InChI is InChI=1S/C46H34N4S/c1-27-25-31(49-39-17-9-5-13-35(39)36-14-6-10-18-40(36)49)21-23-33(27)43-29(3)30(4)44(46-45(43)47-51-48-46)34-24-22-32(26-28(34)2)50-41-19-11-7-15-37(41)38-16-8-12-20-42(38)50/h5-26H,1-4H3. The lowest BCUT2D eigenvalue weighted by Crippen LogP contribution is -2.00. The molecule has 10 rings (SSSR count). The third-order valence-corrected chi connectivity index (χ3v) is 11.4. The summed E-state index contributed by atoms with van der Waals surface area (Å²) in [4.78, 5) is 0. The third kappa shape index (κ3) is 4.31. The fourth-order valence-electron chi connectivity index (χ4n) is 8.44. The van der Waals surface area contributed by atoms with Crippen LogP contribution in [0.15, 0.2) is 133 Å². The van der Waals surface area contributed by atoms with Crippen LogP contribution in [0.3, 0.4) is 0 Å². The smallest absolute Gasteiger partial charge is 0.113 e. The lowest BCUT2D eigenvalue weighted by molar-refractivity contribution is 1.17. The van der Waals surface area contributed by atoms with Crippen molar-refractivity contribution in [3.63, 3.8) is 0 Å². The van der Waals surface area contributed by atoms with Crippen molar-refractivity contribution in [1.82, 2.24) is 17.9 Å². The van der Waals surface area contributed by atoms with Gasteiger partial charge >= 0.3 is 0 Å². The van der Waals surface area contributed by atoms with Crippen molar-refractivity contribution < 1.29 is 0 Å². The molecule has 0 saturated carbocycles. The number of hydrogen-bond acceptors (Lipinski definition) is 3. The molecule has 244 valence electrons. The Balaban J connectivity index is 1.11. The molecule has 10 aromatic rings. The highest BCUT2D eigenvalue weighted by Crippen LogP contribution is 2.44. The quantitative estimate of drug-likeness (QED) is 0.186. The molecule has 0 unspecified atom stereocenters. The molecule has 0 aliphatic carbocycles.